The van der Waals surface area contributed by atoms with Crippen molar-refractivity contribution < 1.29 is 14.4 Å². The Bertz CT molecular complexity index is 598. The molecule has 3 N–H and O–H groups in total. The number of hydrogen-bond acceptors (Lipinski definition) is 3. The van der Waals surface area contributed by atoms with Crippen LogP contribution in [0.25, 0.3) is 0 Å². The molecule has 0 aliphatic carbocycles. The van der Waals surface area contributed by atoms with Gasteiger partial charge >= 0.3 is 6.03 Å². The van der Waals surface area contributed by atoms with Crippen molar-refractivity contribution in [1.82, 2.24) is 15.1 Å². The quantitative estimate of drug-likeness (QED) is 0.795. The SMILES string of the molecule is CC(NC(N)=O)C(=O)N1CCN(C(=O)CCCc2ccccc2)CC1. The van der Waals surface area contributed by atoms with Crippen molar-refractivity contribution in [2.45, 2.75) is 32.2 Å². The number of carbonyl (C=O) groups is 3. The van der Waals surface area contributed by atoms with E-state index in [-0.39, 0.29) is 11.8 Å². The van der Waals surface area contributed by atoms with Crippen molar-refractivity contribution in [1.29, 1.82) is 0 Å². The molecule has 7 nitrogen and oxygen atoms in total. The van der Waals surface area contributed by atoms with Gasteiger partial charge in [-0.1, -0.05) is 30.3 Å². The highest BCUT2D eigenvalue weighted by molar-refractivity contribution is 5.86. The molecule has 1 aromatic carbocycles. The Morgan fingerprint density at radius 3 is 2.28 bits per heavy atom. The van der Waals surface area contributed by atoms with Gasteiger partial charge in [0.05, 0.1) is 0 Å². The van der Waals surface area contributed by atoms with Crippen LogP contribution in [0.1, 0.15) is 25.3 Å². The second kappa shape index (κ2) is 9.05. The molecule has 1 atom stereocenters. The lowest BCUT2D eigenvalue weighted by Crippen LogP contribution is -2.55. The van der Waals surface area contributed by atoms with Gasteiger partial charge in [0.2, 0.25) is 11.8 Å². The monoisotopic (exact) mass is 346 g/mol. The number of amides is 4. The van der Waals surface area contributed by atoms with Crippen LogP contribution in [0, 0.1) is 0 Å². The Hall–Kier alpha value is -2.57. The number of rotatable bonds is 6. The van der Waals surface area contributed by atoms with E-state index in [0.29, 0.717) is 32.6 Å². The van der Waals surface area contributed by atoms with Crippen LogP contribution in [0.4, 0.5) is 4.79 Å². The fourth-order valence-corrected chi connectivity index (χ4v) is 2.97. The van der Waals surface area contributed by atoms with Gasteiger partial charge in [-0.2, -0.15) is 0 Å². The Morgan fingerprint density at radius 1 is 1.08 bits per heavy atom. The maximum atomic E-state index is 12.3. The largest absolute Gasteiger partial charge is 0.352 e. The molecule has 136 valence electrons. The van der Waals surface area contributed by atoms with Gasteiger partial charge in [0.25, 0.3) is 0 Å². The number of hydrogen-bond donors (Lipinski definition) is 2. The standard InChI is InChI=1S/C18H26N4O3/c1-14(20-18(19)25)17(24)22-12-10-21(11-13-22)16(23)9-5-8-15-6-3-2-4-7-15/h2-4,6-7,14H,5,8-13H2,1H3,(H3,19,20,25). The Morgan fingerprint density at radius 2 is 1.68 bits per heavy atom. The van der Waals surface area contributed by atoms with Crippen molar-refractivity contribution in [3.8, 4) is 0 Å². The summed E-state index contributed by atoms with van der Waals surface area (Å²) in [4.78, 5) is 38.8. The third kappa shape index (κ3) is 5.77. The van der Waals surface area contributed by atoms with Gasteiger partial charge in [0, 0.05) is 32.6 Å². The second-order valence-electron chi connectivity index (χ2n) is 6.28. The lowest BCUT2D eigenvalue weighted by Gasteiger charge is -2.36. The molecular weight excluding hydrogens is 320 g/mol. The Balaban J connectivity index is 1.71. The molecule has 1 aliphatic rings. The number of nitrogens with zero attached hydrogens (tertiary/aromatic N) is 2. The number of aryl methyl sites for hydroxylation is 1. The minimum Gasteiger partial charge on any atom is -0.352 e. The van der Waals surface area contributed by atoms with E-state index in [2.05, 4.69) is 17.4 Å². The topological polar surface area (TPSA) is 95.7 Å². The number of urea groups is 1. The van der Waals surface area contributed by atoms with Crippen LogP contribution in [-0.4, -0.2) is 59.9 Å². The zero-order chi connectivity index (χ0) is 18.2. The van der Waals surface area contributed by atoms with E-state index in [0.717, 1.165) is 12.8 Å². The van der Waals surface area contributed by atoms with E-state index in [1.807, 2.05) is 18.2 Å². The first-order chi connectivity index (χ1) is 12.0. The molecule has 7 heteroatoms. The second-order valence-corrected chi connectivity index (χ2v) is 6.28. The maximum absolute atomic E-state index is 12.3. The summed E-state index contributed by atoms with van der Waals surface area (Å²) in [6.45, 7) is 3.62. The minimum atomic E-state index is -0.715. The number of benzene rings is 1. The van der Waals surface area contributed by atoms with Gasteiger partial charge < -0.3 is 20.9 Å². The van der Waals surface area contributed by atoms with Crippen LogP contribution < -0.4 is 11.1 Å². The van der Waals surface area contributed by atoms with E-state index in [4.69, 9.17) is 5.73 Å². The molecule has 0 bridgehead atoms. The average Bonchev–Trinajstić information content (AvgIpc) is 2.61. The number of primary amides is 1. The highest BCUT2D eigenvalue weighted by Gasteiger charge is 2.27. The zero-order valence-electron chi connectivity index (χ0n) is 14.6. The first-order valence-electron chi connectivity index (χ1n) is 8.64. The summed E-state index contributed by atoms with van der Waals surface area (Å²) in [7, 11) is 0. The van der Waals surface area contributed by atoms with Gasteiger partial charge in [-0.05, 0) is 25.3 Å². The van der Waals surface area contributed by atoms with E-state index in [1.165, 1.54) is 5.56 Å². The fraction of sp³-hybridized carbons (Fsp3) is 0.500. The molecule has 1 aliphatic heterocycles. The summed E-state index contributed by atoms with van der Waals surface area (Å²) in [5.74, 6) is -0.0404. The van der Waals surface area contributed by atoms with Crippen molar-refractivity contribution in [3.63, 3.8) is 0 Å². The molecule has 0 spiro atoms. The first kappa shape index (κ1) is 18.8. The van der Waals surface area contributed by atoms with Crippen LogP contribution in [0.2, 0.25) is 0 Å². The molecule has 0 saturated carbocycles. The van der Waals surface area contributed by atoms with Crippen molar-refractivity contribution in [2.24, 2.45) is 5.73 Å². The number of carbonyl (C=O) groups excluding carboxylic acids is 3. The molecular formula is C18H26N4O3. The van der Waals surface area contributed by atoms with Crippen molar-refractivity contribution in [3.05, 3.63) is 35.9 Å². The van der Waals surface area contributed by atoms with Gasteiger partial charge in [-0.25, -0.2) is 4.79 Å². The van der Waals surface area contributed by atoms with Crippen molar-refractivity contribution >= 4 is 17.8 Å². The van der Waals surface area contributed by atoms with E-state index in [1.54, 1.807) is 16.7 Å². The maximum Gasteiger partial charge on any atom is 0.312 e. The molecule has 1 fully saturated rings. The smallest absolute Gasteiger partial charge is 0.312 e. The molecule has 1 unspecified atom stereocenters. The lowest BCUT2D eigenvalue weighted by molar-refractivity contribution is -0.140. The van der Waals surface area contributed by atoms with Crippen LogP contribution in [0.15, 0.2) is 30.3 Å². The predicted octanol–water partition coefficient (Wildman–Crippen LogP) is 0.737. The van der Waals surface area contributed by atoms with Gasteiger partial charge in [0.15, 0.2) is 0 Å². The predicted molar refractivity (Wildman–Crippen MR) is 94.7 cm³/mol. The molecule has 1 heterocycles. The normalized spacial score (nSPS) is 15.6. The van der Waals surface area contributed by atoms with Crippen LogP contribution in [0.3, 0.4) is 0 Å². The summed E-state index contributed by atoms with van der Waals surface area (Å²) >= 11 is 0. The fourth-order valence-electron chi connectivity index (χ4n) is 2.97. The third-order valence-corrected chi connectivity index (χ3v) is 4.37. The highest BCUT2D eigenvalue weighted by Crippen LogP contribution is 2.09. The summed E-state index contributed by atoms with van der Waals surface area (Å²) in [5, 5.41) is 2.38. The van der Waals surface area contributed by atoms with E-state index in [9.17, 15) is 14.4 Å². The Kier molecular flexibility index (Phi) is 6.80. The van der Waals surface area contributed by atoms with Crippen molar-refractivity contribution in [2.75, 3.05) is 26.2 Å². The van der Waals surface area contributed by atoms with E-state index >= 15 is 0 Å². The van der Waals surface area contributed by atoms with Crippen LogP contribution in [0.5, 0.6) is 0 Å². The molecule has 4 amide bonds. The molecule has 1 aromatic rings. The molecule has 25 heavy (non-hydrogen) atoms. The number of piperazine rings is 1. The Labute approximate surface area is 148 Å². The summed E-state index contributed by atoms with van der Waals surface area (Å²) in [6.07, 6.45) is 2.23. The molecule has 0 aromatic heterocycles. The summed E-state index contributed by atoms with van der Waals surface area (Å²) < 4.78 is 0. The number of nitrogens with two attached hydrogens (primary N) is 1. The zero-order valence-corrected chi connectivity index (χ0v) is 14.6. The molecule has 0 radical (unpaired) electrons. The number of nitrogens with one attached hydrogen (secondary N) is 1. The van der Waals surface area contributed by atoms with Gasteiger partial charge in [0.1, 0.15) is 6.04 Å². The van der Waals surface area contributed by atoms with Crippen LogP contribution in [-0.2, 0) is 16.0 Å². The third-order valence-electron chi connectivity index (χ3n) is 4.37. The summed E-state index contributed by atoms with van der Waals surface area (Å²) in [6, 6.07) is 8.75. The minimum absolute atomic E-state index is 0.131. The lowest BCUT2D eigenvalue weighted by atomic mass is 10.1. The summed E-state index contributed by atoms with van der Waals surface area (Å²) in [5.41, 5.74) is 6.27. The first-order valence-corrected chi connectivity index (χ1v) is 8.64. The highest BCUT2D eigenvalue weighted by atomic mass is 16.2. The molecule has 2 rings (SSSR count). The van der Waals surface area contributed by atoms with E-state index < -0.39 is 12.1 Å². The van der Waals surface area contributed by atoms with Gasteiger partial charge in [-0.15, -0.1) is 0 Å². The average molecular weight is 346 g/mol. The van der Waals surface area contributed by atoms with Crippen LogP contribution >= 0.6 is 0 Å². The molecule has 1 saturated heterocycles. The van der Waals surface area contributed by atoms with Gasteiger partial charge in [-0.3, -0.25) is 9.59 Å².